The number of carboxylic acid groups (broad SMARTS) is 1. The van der Waals surface area contributed by atoms with Crippen LogP contribution in [0.3, 0.4) is 0 Å². The van der Waals surface area contributed by atoms with Crippen LogP contribution in [0, 0.1) is 5.82 Å². The van der Waals surface area contributed by atoms with Gasteiger partial charge in [0.1, 0.15) is 11.4 Å². The second kappa shape index (κ2) is 8.39. The van der Waals surface area contributed by atoms with Gasteiger partial charge in [-0.1, -0.05) is 12.1 Å². The van der Waals surface area contributed by atoms with Gasteiger partial charge in [0, 0.05) is 12.1 Å². The summed E-state index contributed by atoms with van der Waals surface area (Å²) in [5, 5.41) is 12.0. The van der Waals surface area contributed by atoms with Crippen molar-refractivity contribution >= 4 is 25.3 Å². The Morgan fingerprint density at radius 1 is 1.20 bits per heavy atom. The molecule has 2 N–H and O–H groups in total. The number of hydrogen-bond acceptors (Lipinski definition) is 5. The number of amides is 1. The average Bonchev–Trinajstić information content (AvgIpc) is 2.78. The summed E-state index contributed by atoms with van der Waals surface area (Å²) >= 11 is 0. The van der Waals surface area contributed by atoms with Gasteiger partial charge < -0.3 is 24.5 Å². The zero-order valence-electron chi connectivity index (χ0n) is 18.5. The number of carboxylic acids is 1. The molecule has 0 aromatic heterocycles. The first kappa shape index (κ1) is 23.9. The van der Waals surface area contributed by atoms with Crippen molar-refractivity contribution in [3.63, 3.8) is 0 Å². The van der Waals surface area contributed by atoms with Crippen LogP contribution >= 0.6 is 0 Å². The minimum absolute atomic E-state index is 0.0842. The predicted molar refractivity (Wildman–Crippen MR) is 112 cm³/mol. The zero-order chi connectivity index (χ0) is 22.9. The van der Waals surface area contributed by atoms with E-state index in [-0.39, 0.29) is 17.7 Å². The minimum atomic E-state index is -1.27. The lowest BCUT2D eigenvalue weighted by Crippen LogP contribution is -2.41. The monoisotopic (exact) mass is 421 g/mol. The summed E-state index contributed by atoms with van der Waals surface area (Å²) in [6, 6.07) is 3.80. The van der Waals surface area contributed by atoms with E-state index in [1.807, 2.05) is 27.7 Å². The van der Waals surface area contributed by atoms with E-state index in [1.165, 1.54) is 24.3 Å². The maximum Gasteiger partial charge on any atom is 0.492 e. The average molecular weight is 421 g/mol. The molecule has 2 rings (SSSR count). The standard InChI is InChI=1S/C21H29BFNO6/c1-19(2,3)28-18(27)24-12-13(22-29-20(4,5)21(6,7)30-22)11-15-14(17(25)26)9-8-10-16(15)23/h8-11H,12H2,1-7H3,(H,24,27)(H,25,26). The molecule has 9 heteroatoms. The summed E-state index contributed by atoms with van der Waals surface area (Å²) in [6.45, 7) is 12.5. The number of nitrogens with one attached hydrogen (secondary N) is 1. The summed E-state index contributed by atoms with van der Waals surface area (Å²) in [5.41, 5.74) is -2.02. The summed E-state index contributed by atoms with van der Waals surface area (Å²) in [5.74, 6) is -1.98. The maximum absolute atomic E-state index is 14.5. The van der Waals surface area contributed by atoms with Gasteiger partial charge in [-0.3, -0.25) is 0 Å². The molecule has 0 saturated carbocycles. The van der Waals surface area contributed by atoms with Crippen molar-refractivity contribution in [2.24, 2.45) is 0 Å². The van der Waals surface area contributed by atoms with Crippen LogP contribution in [0.1, 0.15) is 64.4 Å². The first-order chi connectivity index (χ1) is 13.6. The number of benzene rings is 1. The lowest BCUT2D eigenvalue weighted by Gasteiger charge is -2.32. The van der Waals surface area contributed by atoms with Crippen molar-refractivity contribution in [2.75, 3.05) is 6.54 Å². The first-order valence-electron chi connectivity index (χ1n) is 9.68. The highest BCUT2D eigenvalue weighted by Crippen LogP contribution is 2.39. The number of halogens is 1. The molecule has 0 radical (unpaired) electrons. The highest BCUT2D eigenvalue weighted by atomic mass is 19.1. The SMILES string of the molecule is CC(C)(C)OC(=O)NCC(=Cc1c(F)cccc1C(=O)O)B1OC(C)(C)C(C)(C)O1. The Morgan fingerprint density at radius 3 is 2.27 bits per heavy atom. The summed E-state index contributed by atoms with van der Waals surface area (Å²) in [7, 11) is -0.911. The Balaban J connectivity index is 2.42. The molecule has 1 heterocycles. The van der Waals surface area contributed by atoms with E-state index in [0.29, 0.717) is 5.47 Å². The van der Waals surface area contributed by atoms with Crippen molar-refractivity contribution in [2.45, 2.75) is 65.3 Å². The van der Waals surface area contributed by atoms with Gasteiger partial charge in [-0.05, 0) is 66.1 Å². The molecular weight excluding hydrogens is 392 g/mol. The highest BCUT2D eigenvalue weighted by Gasteiger charge is 2.52. The van der Waals surface area contributed by atoms with E-state index in [4.69, 9.17) is 14.0 Å². The molecule has 0 atom stereocenters. The third-order valence-corrected chi connectivity index (χ3v) is 5.00. The van der Waals surface area contributed by atoms with Crippen molar-refractivity contribution in [1.29, 1.82) is 0 Å². The summed E-state index contributed by atoms with van der Waals surface area (Å²) in [4.78, 5) is 23.7. The van der Waals surface area contributed by atoms with E-state index in [0.717, 1.165) is 0 Å². The molecule has 1 amide bonds. The van der Waals surface area contributed by atoms with Crippen LogP contribution in [0.2, 0.25) is 0 Å². The molecule has 1 aliphatic rings. The third-order valence-electron chi connectivity index (χ3n) is 5.00. The second-order valence-electron chi connectivity index (χ2n) is 9.17. The van der Waals surface area contributed by atoms with E-state index < -0.39 is 41.8 Å². The van der Waals surface area contributed by atoms with Gasteiger partial charge >= 0.3 is 19.2 Å². The predicted octanol–water partition coefficient (Wildman–Crippen LogP) is 4.06. The zero-order valence-corrected chi connectivity index (χ0v) is 18.5. The van der Waals surface area contributed by atoms with Crippen LogP contribution in [0.4, 0.5) is 9.18 Å². The largest absolute Gasteiger partial charge is 0.492 e. The molecule has 30 heavy (non-hydrogen) atoms. The van der Waals surface area contributed by atoms with Crippen LogP contribution in [0.25, 0.3) is 6.08 Å². The molecule has 164 valence electrons. The molecular formula is C21H29BFNO6. The van der Waals surface area contributed by atoms with Gasteiger partial charge in [0.2, 0.25) is 0 Å². The van der Waals surface area contributed by atoms with E-state index >= 15 is 0 Å². The van der Waals surface area contributed by atoms with Crippen LogP contribution in [0.5, 0.6) is 0 Å². The molecule has 0 spiro atoms. The molecule has 0 aliphatic carbocycles. The Hall–Kier alpha value is -2.39. The summed E-state index contributed by atoms with van der Waals surface area (Å²) < 4.78 is 31.8. The smallest absolute Gasteiger partial charge is 0.478 e. The van der Waals surface area contributed by atoms with Crippen molar-refractivity contribution in [3.8, 4) is 0 Å². The van der Waals surface area contributed by atoms with Gasteiger partial charge in [0.15, 0.2) is 0 Å². The first-order valence-corrected chi connectivity index (χ1v) is 9.68. The molecule has 0 bridgehead atoms. The lowest BCUT2D eigenvalue weighted by atomic mass is 9.76. The fourth-order valence-corrected chi connectivity index (χ4v) is 2.74. The van der Waals surface area contributed by atoms with Crippen LogP contribution in [-0.2, 0) is 14.0 Å². The molecule has 1 fully saturated rings. The Labute approximate surface area is 176 Å². The maximum atomic E-state index is 14.5. The number of hydrogen-bond donors (Lipinski definition) is 2. The molecule has 1 saturated heterocycles. The van der Waals surface area contributed by atoms with Crippen LogP contribution in [-0.4, -0.2) is 47.6 Å². The fraction of sp³-hybridized carbons (Fsp3) is 0.524. The molecule has 1 aromatic carbocycles. The highest BCUT2D eigenvalue weighted by molar-refractivity contribution is 6.56. The number of carbonyl (C=O) groups is 2. The number of carbonyl (C=O) groups excluding carboxylic acids is 1. The number of alkyl carbamates (subject to hydrolysis) is 1. The fourth-order valence-electron chi connectivity index (χ4n) is 2.74. The van der Waals surface area contributed by atoms with Gasteiger partial charge in [-0.2, -0.15) is 0 Å². The Kier molecular flexibility index (Phi) is 6.68. The van der Waals surface area contributed by atoms with E-state index in [2.05, 4.69) is 5.32 Å². The van der Waals surface area contributed by atoms with E-state index in [1.54, 1.807) is 20.8 Å². The molecule has 0 unspecified atom stereocenters. The van der Waals surface area contributed by atoms with Crippen LogP contribution in [0.15, 0.2) is 23.7 Å². The van der Waals surface area contributed by atoms with Crippen molar-refractivity contribution in [1.82, 2.24) is 5.32 Å². The van der Waals surface area contributed by atoms with Gasteiger partial charge in [0.05, 0.1) is 16.8 Å². The van der Waals surface area contributed by atoms with Gasteiger partial charge in [-0.25, -0.2) is 14.0 Å². The quantitative estimate of drug-likeness (QED) is 0.697. The minimum Gasteiger partial charge on any atom is -0.478 e. The molecule has 7 nitrogen and oxygen atoms in total. The third kappa shape index (κ3) is 5.61. The number of aromatic carboxylic acids is 1. The molecule has 1 aromatic rings. The lowest BCUT2D eigenvalue weighted by molar-refractivity contribution is 0.00578. The van der Waals surface area contributed by atoms with Crippen LogP contribution < -0.4 is 5.32 Å². The topological polar surface area (TPSA) is 94.1 Å². The number of ether oxygens (including phenoxy) is 1. The molecule has 1 aliphatic heterocycles. The normalized spacial score (nSPS) is 18.3. The van der Waals surface area contributed by atoms with Gasteiger partial charge in [-0.15, -0.1) is 0 Å². The van der Waals surface area contributed by atoms with Crippen molar-refractivity contribution < 1.29 is 33.1 Å². The number of rotatable bonds is 5. The van der Waals surface area contributed by atoms with Crippen molar-refractivity contribution in [3.05, 3.63) is 40.6 Å². The van der Waals surface area contributed by atoms with Gasteiger partial charge in [0.25, 0.3) is 0 Å². The summed E-state index contributed by atoms with van der Waals surface area (Å²) in [6.07, 6.45) is 0.676. The van der Waals surface area contributed by atoms with E-state index in [9.17, 15) is 19.1 Å². The Bertz CT molecular complexity index is 844. The second-order valence-corrected chi connectivity index (χ2v) is 9.17. The Morgan fingerprint density at radius 2 is 1.77 bits per heavy atom.